The molecule has 2 N–H and O–H groups in total. The number of aromatic nitrogens is 6. The standard InChI is InChI=1S/C31H34FN7O3/c1-31(35-29(40)18-5-6-18)13-11-19(12-14-31)39-26-22(38(3)30(39)41)15-33-28-24(26)23(17-7-9-20(42-4)10-8-17)25(34-28)21-16-37(2)36-27(21)32/h7-10,15-16,18-19H,5-6,11-14H2,1-4H3,(H,33,34)(H,35,40)/i2D3. The van der Waals surface area contributed by atoms with E-state index < -0.39 is 12.9 Å². The summed E-state index contributed by atoms with van der Waals surface area (Å²) in [5.41, 5.74) is 2.66. The zero-order valence-corrected chi connectivity index (χ0v) is 23.7. The molecule has 2 saturated carbocycles. The number of aromatic amines is 1. The molecule has 4 heterocycles. The number of halogens is 1. The average Bonchev–Trinajstić information content (AvgIpc) is 3.61. The molecular formula is C31H34FN7O3. The van der Waals surface area contributed by atoms with E-state index in [-0.39, 0.29) is 34.7 Å². The summed E-state index contributed by atoms with van der Waals surface area (Å²) in [7, 11) is 3.27. The maximum Gasteiger partial charge on any atom is 0.329 e. The molecule has 10 nitrogen and oxygen atoms in total. The minimum Gasteiger partial charge on any atom is -0.497 e. The minimum absolute atomic E-state index is 0.0345. The van der Waals surface area contributed by atoms with Gasteiger partial charge in [-0.25, -0.2) is 9.78 Å². The lowest BCUT2D eigenvalue weighted by atomic mass is 9.80. The normalized spacial score (nSPS) is 22.2. The first-order valence-electron chi connectivity index (χ1n) is 15.7. The van der Waals surface area contributed by atoms with Crippen LogP contribution >= 0.6 is 0 Å². The van der Waals surface area contributed by atoms with Crippen LogP contribution in [-0.2, 0) is 18.8 Å². The molecule has 0 aliphatic heterocycles. The third-order valence-electron chi connectivity index (χ3n) is 8.98. The highest BCUT2D eigenvalue weighted by Gasteiger charge is 2.38. The number of fused-ring (bicyclic) bond motifs is 3. The Morgan fingerprint density at radius 2 is 1.95 bits per heavy atom. The van der Waals surface area contributed by atoms with Crippen molar-refractivity contribution >= 4 is 28.0 Å². The Kier molecular flexibility index (Phi) is 5.28. The molecule has 42 heavy (non-hydrogen) atoms. The Labute approximate surface area is 245 Å². The number of methoxy groups -OCH3 is 1. The second-order valence-corrected chi connectivity index (χ2v) is 11.9. The number of rotatable bonds is 6. The Bertz CT molecular complexity index is 2010. The first-order chi connectivity index (χ1) is 21.4. The van der Waals surface area contributed by atoms with E-state index in [4.69, 9.17) is 8.85 Å². The van der Waals surface area contributed by atoms with E-state index in [1.807, 2.05) is 16.7 Å². The number of hydrogen-bond donors (Lipinski definition) is 2. The van der Waals surface area contributed by atoms with Crippen LogP contribution in [0.5, 0.6) is 5.75 Å². The molecule has 0 unspecified atom stereocenters. The average molecular weight is 575 g/mol. The number of imidazole rings is 1. The lowest BCUT2D eigenvalue weighted by Crippen LogP contribution is -2.49. The van der Waals surface area contributed by atoms with Gasteiger partial charge < -0.3 is 15.0 Å². The number of benzene rings is 1. The minimum atomic E-state index is -2.68. The number of aryl methyl sites for hydroxylation is 2. The van der Waals surface area contributed by atoms with Crippen LogP contribution in [0.2, 0.25) is 0 Å². The first-order valence-corrected chi connectivity index (χ1v) is 14.2. The fraction of sp³-hybridized carbons (Fsp3) is 0.419. The molecule has 0 saturated heterocycles. The van der Waals surface area contributed by atoms with Gasteiger partial charge in [0, 0.05) is 47.4 Å². The summed E-state index contributed by atoms with van der Waals surface area (Å²) in [6.07, 6.45) is 7.46. The maximum atomic E-state index is 15.4. The number of H-pyrrole nitrogens is 1. The van der Waals surface area contributed by atoms with Crippen molar-refractivity contribution in [3.05, 3.63) is 53.1 Å². The van der Waals surface area contributed by atoms with Crippen LogP contribution in [0.1, 0.15) is 55.6 Å². The maximum absolute atomic E-state index is 15.4. The van der Waals surface area contributed by atoms with Crippen molar-refractivity contribution < 1.29 is 18.0 Å². The van der Waals surface area contributed by atoms with E-state index in [1.165, 1.54) is 0 Å². The quantitative estimate of drug-likeness (QED) is 0.302. The van der Waals surface area contributed by atoms with Gasteiger partial charge in [-0.1, -0.05) is 12.1 Å². The molecule has 2 aliphatic rings. The number of pyridine rings is 1. The van der Waals surface area contributed by atoms with E-state index in [9.17, 15) is 9.59 Å². The van der Waals surface area contributed by atoms with Crippen molar-refractivity contribution in [3.8, 4) is 28.1 Å². The highest BCUT2D eigenvalue weighted by atomic mass is 19.1. The van der Waals surface area contributed by atoms with Gasteiger partial charge >= 0.3 is 5.69 Å². The third kappa shape index (κ3) is 4.21. The number of nitrogens with one attached hydrogen (secondary N) is 2. The summed E-state index contributed by atoms with van der Waals surface area (Å²) in [4.78, 5) is 34.3. The lowest BCUT2D eigenvalue weighted by molar-refractivity contribution is -0.124. The van der Waals surface area contributed by atoms with Crippen molar-refractivity contribution in [3.63, 3.8) is 0 Å². The summed E-state index contributed by atoms with van der Waals surface area (Å²) in [5, 5.41) is 7.52. The van der Waals surface area contributed by atoms with Crippen LogP contribution < -0.4 is 15.7 Å². The molecule has 0 spiro atoms. The topological polar surface area (TPSA) is 112 Å². The van der Waals surface area contributed by atoms with E-state index in [1.54, 1.807) is 37.1 Å². The summed E-state index contributed by atoms with van der Waals surface area (Å²) in [6, 6.07) is 7.08. The molecule has 2 aliphatic carbocycles. The second kappa shape index (κ2) is 9.57. The zero-order chi connectivity index (χ0) is 31.8. The van der Waals surface area contributed by atoms with Crippen molar-refractivity contribution in [2.24, 2.45) is 19.9 Å². The number of hydrogen-bond acceptors (Lipinski definition) is 5. The van der Waals surface area contributed by atoms with Crippen LogP contribution in [0.25, 0.3) is 44.5 Å². The number of amides is 1. The summed E-state index contributed by atoms with van der Waals surface area (Å²) in [6.45, 7) is -0.601. The van der Waals surface area contributed by atoms with Crippen molar-refractivity contribution in [2.75, 3.05) is 7.11 Å². The fourth-order valence-electron chi connectivity index (χ4n) is 6.45. The SMILES string of the molecule is [2H]C([2H])([2H])n1cc(-c2[nH]c3ncc4c(c3c2-c2ccc(OC)cc2)n(C2CCC(C)(NC(=O)C3CC3)CC2)c(=O)n4C)c(F)n1. The molecule has 4 aromatic heterocycles. The van der Waals surface area contributed by atoms with Gasteiger partial charge in [-0.3, -0.25) is 18.6 Å². The van der Waals surface area contributed by atoms with Gasteiger partial charge in [0.05, 0.1) is 41.0 Å². The van der Waals surface area contributed by atoms with Crippen molar-refractivity contribution in [1.82, 2.24) is 34.2 Å². The van der Waals surface area contributed by atoms with Crippen LogP contribution in [0.15, 0.2) is 41.5 Å². The summed E-state index contributed by atoms with van der Waals surface area (Å²) >= 11 is 0. The lowest BCUT2D eigenvalue weighted by Gasteiger charge is -2.38. The van der Waals surface area contributed by atoms with Crippen molar-refractivity contribution in [1.29, 1.82) is 0 Å². The predicted octanol–water partition coefficient (Wildman–Crippen LogP) is 4.83. The largest absolute Gasteiger partial charge is 0.497 e. The molecule has 7 rings (SSSR count). The van der Waals surface area contributed by atoms with E-state index in [2.05, 4.69) is 27.3 Å². The highest BCUT2D eigenvalue weighted by Crippen LogP contribution is 2.44. The van der Waals surface area contributed by atoms with Crippen molar-refractivity contribution in [2.45, 2.75) is 57.0 Å². The Morgan fingerprint density at radius 1 is 1.21 bits per heavy atom. The Morgan fingerprint density at radius 3 is 2.60 bits per heavy atom. The number of nitrogens with zero attached hydrogens (tertiary/aromatic N) is 5. The Balaban J connectivity index is 1.42. The fourth-order valence-corrected chi connectivity index (χ4v) is 6.45. The summed E-state index contributed by atoms with van der Waals surface area (Å²) in [5.74, 6) is -0.0876. The summed E-state index contributed by atoms with van der Waals surface area (Å²) < 4.78 is 48.0. The third-order valence-corrected chi connectivity index (χ3v) is 8.98. The van der Waals surface area contributed by atoms with Gasteiger partial charge in [-0.2, -0.15) is 4.39 Å². The zero-order valence-electron chi connectivity index (χ0n) is 26.7. The number of carbonyl (C=O) groups is 1. The molecule has 1 amide bonds. The van der Waals surface area contributed by atoms with Gasteiger partial charge in [0.15, 0.2) is 0 Å². The van der Waals surface area contributed by atoms with E-state index >= 15 is 4.39 Å². The highest BCUT2D eigenvalue weighted by molar-refractivity contribution is 6.14. The van der Waals surface area contributed by atoms with Gasteiger partial charge in [-0.15, -0.1) is 5.10 Å². The predicted molar refractivity (Wildman–Crippen MR) is 158 cm³/mol. The van der Waals surface area contributed by atoms with E-state index in [0.29, 0.717) is 62.2 Å². The molecule has 0 radical (unpaired) electrons. The molecule has 218 valence electrons. The van der Waals surface area contributed by atoms with Crippen LogP contribution in [-0.4, -0.2) is 47.4 Å². The molecule has 0 bridgehead atoms. The van der Waals surface area contributed by atoms with Crippen LogP contribution in [0.3, 0.4) is 0 Å². The monoisotopic (exact) mass is 574 g/mol. The smallest absolute Gasteiger partial charge is 0.329 e. The first kappa shape index (κ1) is 23.2. The number of ether oxygens (including phenoxy) is 1. The van der Waals surface area contributed by atoms with E-state index in [0.717, 1.165) is 31.9 Å². The second-order valence-electron chi connectivity index (χ2n) is 11.9. The molecule has 1 aromatic carbocycles. The molecule has 11 heteroatoms. The van der Waals surface area contributed by atoms with Crippen LogP contribution in [0, 0.1) is 11.9 Å². The van der Waals surface area contributed by atoms with Gasteiger partial charge in [0.2, 0.25) is 11.9 Å². The molecule has 5 aromatic rings. The molecule has 0 atom stereocenters. The van der Waals surface area contributed by atoms with Gasteiger partial charge in [0.25, 0.3) is 0 Å². The van der Waals surface area contributed by atoms with Gasteiger partial charge in [-0.05, 0) is 63.1 Å². The molecule has 2 fully saturated rings. The number of carbonyl (C=O) groups excluding carboxylic acids is 1. The Hall–Kier alpha value is -4.41. The molecular weight excluding hydrogens is 537 g/mol. The van der Waals surface area contributed by atoms with Crippen LogP contribution in [0.4, 0.5) is 4.39 Å². The van der Waals surface area contributed by atoms with Gasteiger partial charge in [0.1, 0.15) is 11.4 Å².